The average Bonchev–Trinajstić information content (AvgIpc) is 3.08. The van der Waals surface area contributed by atoms with Crippen molar-refractivity contribution >= 4 is 17.7 Å². The van der Waals surface area contributed by atoms with Crippen LogP contribution in [0.25, 0.3) is 11.8 Å². The molecule has 3 rings (SSSR count). The molecular weight excluding hydrogens is 408 g/mol. The molecule has 8 nitrogen and oxygen atoms in total. The number of carbonyl (C=O) groups is 1. The number of aryl methyl sites for hydroxylation is 1. The number of nitro groups is 1. The molecule has 0 spiro atoms. The summed E-state index contributed by atoms with van der Waals surface area (Å²) in [7, 11) is 1.45. The van der Waals surface area contributed by atoms with Crippen molar-refractivity contribution in [2.45, 2.75) is 20.4 Å². The van der Waals surface area contributed by atoms with Crippen molar-refractivity contribution in [2.75, 3.05) is 7.11 Å². The van der Waals surface area contributed by atoms with Gasteiger partial charge in [-0.15, -0.1) is 0 Å². The normalized spacial score (nSPS) is 11.0. The third kappa shape index (κ3) is 4.68. The highest BCUT2D eigenvalue weighted by Crippen LogP contribution is 2.32. The molecule has 0 bridgehead atoms. The second-order valence-corrected chi connectivity index (χ2v) is 7.11. The summed E-state index contributed by atoms with van der Waals surface area (Å²) < 4.78 is 7.23. The predicted octanol–water partition coefficient (Wildman–Crippen LogP) is 4.23. The largest absolute Gasteiger partial charge is 0.494 e. The van der Waals surface area contributed by atoms with Crippen LogP contribution in [0.3, 0.4) is 0 Å². The van der Waals surface area contributed by atoms with Gasteiger partial charge in [-0.3, -0.25) is 14.9 Å². The van der Waals surface area contributed by atoms with Gasteiger partial charge in [0.25, 0.3) is 11.6 Å². The fourth-order valence-electron chi connectivity index (χ4n) is 3.45. The Labute approximate surface area is 185 Å². The molecule has 0 aliphatic rings. The van der Waals surface area contributed by atoms with Gasteiger partial charge in [0, 0.05) is 24.0 Å². The van der Waals surface area contributed by atoms with E-state index >= 15 is 0 Å². The zero-order chi connectivity index (χ0) is 23.3. The highest BCUT2D eigenvalue weighted by molar-refractivity contribution is 6.01. The first kappa shape index (κ1) is 22.3. The van der Waals surface area contributed by atoms with Crippen LogP contribution in [-0.2, 0) is 11.3 Å². The van der Waals surface area contributed by atoms with E-state index in [-0.39, 0.29) is 11.3 Å². The van der Waals surface area contributed by atoms with Crippen molar-refractivity contribution in [1.82, 2.24) is 9.88 Å². The third-order valence-corrected chi connectivity index (χ3v) is 5.05. The molecule has 0 saturated carbocycles. The average molecular weight is 430 g/mol. The van der Waals surface area contributed by atoms with Gasteiger partial charge in [-0.05, 0) is 43.2 Å². The molecule has 0 atom stereocenters. The second kappa shape index (κ2) is 9.62. The molecule has 8 heteroatoms. The van der Waals surface area contributed by atoms with E-state index in [2.05, 4.69) is 5.32 Å². The lowest BCUT2D eigenvalue weighted by atomic mass is 10.1. The highest BCUT2D eigenvalue weighted by atomic mass is 16.6. The van der Waals surface area contributed by atoms with Crippen LogP contribution in [-0.4, -0.2) is 22.5 Å². The Bertz CT molecular complexity index is 1240. The number of amides is 1. The van der Waals surface area contributed by atoms with Gasteiger partial charge in [0.2, 0.25) is 0 Å². The van der Waals surface area contributed by atoms with Crippen molar-refractivity contribution in [3.63, 3.8) is 0 Å². The monoisotopic (exact) mass is 430 g/mol. The van der Waals surface area contributed by atoms with Crippen molar-refractivity contribution in [1.29, 1.82) is 5.26 Å². The quantitative estimate of drug-likeness (QED) is 0.261. The maximum Gasteiger partial charge on any atom is 0.273 e. The molecule has 3 aromatic rings. The molecule has 0 saturated heterocycles. The zero-order valence-electron chi connectivity index (χ0n) is 18.0. The van der Waals surface area contributed by atoms with Crippen molar-refractivity contribution in [3.8, 4) is 17.5 Å². The Morgan fingerprint density at radius 2 is 1.94 bits per heavy atom. The van der Waals surface area contributed by atoms with Gasteiger partial charge >= 0.3 is 0 Å². The Kier molecular flexibility index (Phi) is 6.71. The van der Waals surface area contributed by atoms with E-state index in [0.717, 1.165) is 17.0 Å². The summed E-state index contributed by atoms with van der Waals surface area (Å²) in [6.45, 7) is 4.03. The summed E-state index contributed by atoms with van der Waals surface area (Å²) in [4.78, 5) is 23.1. The van der Waals surface area contributed by atoms with Crippen LogP contribution in [0.15, 0.2) is 60.2 Å². The third-order valence-electron chi connectivity index (χ3n) is 5.05. The molecule has 1 N–H and O–H groups in total. The number of hydrogen-bond donors (Lipinski definition) is 1. The van der Waals surface area contributed by atoms with Gasteiger partial charge in [-0.25, -0.2) is 0 Å². The number of carbonyl (C=O) groups excluding carboxylic acids is 1. The van der Waals surface area contributed by atoms with Crippen LogP contribution in [0.4, 0.5) is 5.69 Å². The van der Waals surface area contributed by atoms with Crippen LogP contribution >= 0.6 is 0 Å². The van der Waals surface area contributed by atoms with E-state index in [1.165, 1.54) is 25.3 Å². The van der Waals surface area contributed by atoms with Crippen LogP contribution in [0.1, 0.15) is 22.5 Å². The van der Waals surface area contributed by atoms with Crippen molar-refractivity contribution in [2.24, 2.45) is 0 Å². The minimum Gasteiger partial charge on any atom is -0.494 e. The molecule has 0 aliphatic heterocycles. The topological polar surface area (TPSA) is 110 Å². The van der Waals surface area contributed by atoms with Gasteiger partial charge in [0.05, 0.1) is 23.8 Å². The van der Waals surface area contributed by atoms with E-state index in [1.807, 2.05) is 60.9 Å². The number of ether oxygens (including phenoxy) is 1. The summed E-state index contributed by atoms with van der Waals surface area (Å²) >= 11 is 0. The number of benzene rings is 2. The lowest BCUT2D eigenvalue weighted by Crippen LogP contribution is -2.23. The first-order valence-corrected chi connectivity index (χ1v) is 9.81. The van der Waals surface area contributed by atoms with Gasteiger partial charge in [0.1, 0.15) is 17.4 Å². The van der Waals surface area contributed by atoms with Crippen molar-refractivity contribution in [3.05, 3.63) is 92.8 Å². The molecule has 0 unspecified atom stereocenters. The minimum absolute atomic E-state index is 0.0168. The highest BCUT2D eigenvalue weighted by Gasteiger charge is 2.18. The minimum atomic E-state index is -0.483. The standard InChI is InChI=1S/C24H22N4O4/c1-16-11-19(12-20(14-25)24(29)26-15-18-7-5-4-6-8-18)17(2)27(16)22-10-9-21(28(30)31)13-23(22)32-3/h4-13H,15H2,1-3H3,(H,26,29)/b20-12-. The Morgan fingerprint density at radius 3 is 2.56 bits per heavy atom. The molecule has 1 amide bonds. The number of non-ortho nitro benzene ring substituents is 1. The Morgan fingerprint density at radius 1 is 1.22 bits per heavy atom. The summed E-state index contributed by atoms with van der Waals surface area (Å²) in [6, 6.07) is 17.6. The van der Waals surface area contributed by atoms with Gasteiger partial charge in [-0.1, -0.05) is 30.3 Å². The molecule has 0 radical (unpaired) electrons. The van der Waals surface area contributed by atoms with Crippen molar-refractivity contribution < 1.29 is 14.5 Å². The zero-order valence-corrected chi connectivity index (χ0v) is 18.0. The number of nitrogens with zero attached hydrogens (tertiary/aromatic N) is 3. The number of aromatic nitrogens is 1. The maximum absolute atomic E-state index is 12.5. The molecule has 1 heterocycles. The van der Waals surface area contributed by atoms with E-state index < -0.39 is 10.8 Å². The fraction of sp³-hybridized carbons (Fsp3) is 0.167. The first-order chi connectivity index (χ1) is 15.3. The van der Waals surface area contributed by atoms with Crippen LogP contribution in [0.5, 0.6) is 5.75 Å². The molecular formula is C24H22N4O4. The van der Waals surface area contributed by atoms with Gasteiger partial charge in [-0.2, -0.15) is 5.26 Å². The van der Waals surface area contributed by atoms with Crippen LogP contribution in [0.2, 0.25) is 0 Å². The predicted molar refractivity (Wildman–Crippen MR) is 120 cm³/mol. The second-order valence-electron chi connectivity index (χ2n) is 7.11. The summed E-state index contributed by atoms with van der Waals surface area (Å²) in [5.41, 5.74) is 3.74. The Balaban J connectivity index is 1.92. The molecule has 1 aromatic heterocycles. The molecule has 0 aliphatic carbocycles. The van der Waals surface area contributed by atoms with Crippen LogP contribution < -0.4 is 10.1 Å². The SMILES string of the molecule is COc1cc([N+](=O)[O-])ccc1-n1c(C)cc(/C=C(/C#N)C(=O)NCc2ccccc2)c1C. The number of nitriles is 1. The smallest absolute Gasteiger partial charge is 0.273 e. The number of methoxy groups -OCH3 is 1. The number of rotatable bonds is 7. The lowest BCUT2D eigenvalue weighted by molar-refractivity contribution is -0.384. The van der Waals surface area contributed by atoms with E-state index in [9.17, 15) is 20.2 Å². The number of nitrogens with one attached hydrogen (secondary N) is 1. The summed E-state index contributed by atoms with van der Waals surface area (Å²) in [6.07, 6.45) is 1.54. The van der Waals surface area contributed by atoms with E-state index in [0.29, 0.717) is 23.5 Å². The molecule has 0 fully saturated rings. The molecule has 32 heavy (non-hydrogen) atoms. The number of nitro benzene ring substituents is 1. The lowest BCUT2D eigenvalue weighted by Gasteiger charge is -2.13. The fourth-order valence-corrected chi connectivity index (χ4v) is 3.45. The number of hydrogen-bond acceptors (Lipinski definition) is 5. The molecule has 2 aromatic carbocycles. The van der Waals surface area contributed by atoms with Gasteiger partial charge in [0.15, 0.2) is 0 Å². The van der Waals surface area contributed by atoms with Crippen LogP contribution in [0, 0.1) is 35.3 Å². The van der Waals surface area contributed by atoms with Gasteiger partial charge < -0.3 is 14.6 Å². The van der Waals surface area contributed by atoms with E-state index in [4.69, 9.17) is 4.74 Å². The summed E-state index contributed by atoms with van der Waals surface area (Å²) in [5, 5.41) is 23.4. The maximum atomic E-state index is 12.5. The first-order valence-electron chi connectivity index (χ1n) is 9.81. The molecule has 162 valence electrons. The summed E-state index contributed by atoms with van der Waals surface area (Å²) in [5.74, 6) is -0.119. The van der Waals surface area contributed by atoms with E-state index in [1.54, 1.807) is 6.07 Å². The Hall–Kier alpha value is -4.38.